The first kappa shape index (κ1) is 28.5. The molecule has 6 heteroatoms. The lowest BCUT2D eigenvalue weighted by Gasteiger charge is -2.02. The van der Waals surface area contributed by atoms with Crippen molar-refractivity contribution in [1.82, 2.24) is 5.32 Å². The van der Waals surface area contributed by atoms with Crippen molar-refractivity contribution in [2.75, 3.05) is 19.7 Å². The van der Waals surface area contributed by atoms with Crippen molar-refractivity contribution < 1.29 is 19.8 Å². The molecule has 0 aliphatic rings. The summed E-state index contributed by atoms with van der Waals surface area (Å²) >= 11 is 0. The highest BCUT2D eigenvalue weighted by Gasteiger charge is 2.02. The Kier molecular flexibility index (Phi) is 25.8. The minimum absolute atomic E-state index is 0.0972. The maximum absolute atomic E-state index is 11.3. The van der Waals surface area contributed by atoms with Gasteiger partial charge in [-0.1, -0.05) is 63.3 Å². The van der Waals surface area contributed by atoms with Crippen molar-refractivity contribution in [2.24, 2.45) is 5.73 Å². The second-order valence-corrected chi connectivity index (χ2v) is 6.66. The Morgan fingerprint density at radius 1 is 0.893 bits per heavy atom. The average Bonchev–Trinajstić information content (AvgIpc) is 2.69. The lowest BCUT2D eigenvalue weighted by atomic mass is 10.1. The van der Waals surface area contributed by atoms with Gasteiger partial charge in [-0.05, 0) is 38.5 Å². The Morgan fingerprint density at radius 3 is 1.96 bits per heavy atom. The molecule has 0 aliphatic heterocycles. The molecule has 28 heavy (non-hydrogen) atoms. The standard InChI is InChI=1S/C20H35NO3.C2H7NO/c1-2-3-4-5-6-7-8-9-10-11-12-13-14-15-16-17-19(22)21-18-20(23)24;3-1-2-4/h6-7,9-10H,2-5,8,11-18H2,1H3,(H,21,22)(H,23,24);4H,1-3H2/b7-6-,10-9-;. The number of aliphatic hydroxyl groups excluding tert-OH is 1. The Balaban J connectivity index is 0. The van der Waals surface area contributed by atoms with Crippen LogP contribution in [0.3, 0.4) is 0 Å². The second-order valence-electron chi connectivity index (χ2n) is 6.66. The molecule has 0 saturated carbocycles. The fourth-order valence-corrected chi connectivity index (χ4v) is 2.36. The first-order valence-corrected chi connectivity index (χ1v) is 10.7. The van der Waals surface area contributed by atoms with Crippen LogP contribution < -0.4 is 11.1 Å². The number of aliphatic hydroxyl groups is 1. The lowest BCUT2D eigenvalue weighted by Crippen LogP contribution is -2.28. The van der Waals surface area contributed by atoms with E-state index in [0.29, 0.717) is 13.0 Å². The van der Waals surface area contributed by atoms with Gasteiger partial charge in [0.1, 0.15) is 6.54 Å². The number of hydrogen-bond acceptors (Lipinski definition) is 4. The highest BCUT2D eigenvalue weighted by atomic mass is 16.4. The maximum Gasteiger partial charge on any atom is 0.322 e. The van der Waals surface area contributed by atoms with Crippen LogP contribution in [0.5, 0.6) is 0 Å². The van der Waals surface area contributed by atoms with Gasteiger partial charge < -0.3 is 21.3 Å². The molecule has 0 saturated heterocycles. The summed E-state index contributed by atoms with van der Waals surface area (Å²) in [7, 11) is 0. The normalized spacial score (nSPS) is 10.8. The van der Waals surface area contributed by atoms with E-state index in [4.69, 9.17) is 15.9 Å². The highest BCUT2D eigenvalue weighted by Crippen LogP contribution is 2.08. The zero-order valence-corrected chi connectivity index (χ0v) is 17.7. The van der Waals surface area contributed by atoms with Crippen LogP contribution in [0, 0.1) is 0 Å². The third kappa shape index (κ3) is 29.1. The van der Waals surface area contributed by atoms with Crippen molar-refractivity contribution in [3.05, 3.63) is 24.3 Å². The molecule has 0 heterocycles. The topological polar surface area (TPSA) is 113 Å². The summed E-state index contributed by atoms with van der Waals surface area (Å²) in [5.74, 6) is -1.16. The van der Waals surface area contributed by atoms with Crippen LogP contribution in [0.4, 0.5) is 0 Å². The number of unbranched alkanes of at least 4 members (excludes halogenated alkanes) is 8. The zero-order chi connectivity index (χ0) is 21.3. The third-order valence-electron chi connectivity index (χ3n) is 3.92. The van der Waals surface area contributed by atoms with Crippen LogP contribution in [-0.4, -0.2) is 41.8 Å². The van der Waals surface area contributed by atoms with Gasteiger partial charge >= 0.3 is 5.97 Å². The van der Waals surface area contributed by atoms with E-state index in [1.165, 1.54) is 38.5 Å². The fourth-order valence-electron chi connectivity index (χ4n) is 2.36. The minimum Gasteiger partial charge on any atom is -0.480 e. The summed E-state index contributed by atoms with van der Waals surface area (Å²) in [6.45, 7) is 2.42. The Hall–Kier alpha value is -1.66. The molecule has 5 N–H and O–H groups in total. The molecule has 164 valence electrons. The van der Waals surface area contributed by atoms with E-state index < -0.39 is 5.97 Å². The summed E-state index contributed by atoms with van der Waals surface area (Å²) in [4.78, 5) is 21.6. The van der Waals surface area contributed by atoms with E-state index in [1.54, 1.807) is 0 Å². The summed E-state index contributed by atoms with van der Waals surface area (Å²) < 4.78 is 0. The van der Waals surface area contributed by atoms with Crippen LogP contribution >= 0.6 is 0 Å². The molecule has 0 aliphatic carbocycles. The molecular weight excluding hydrogens is 356 g/mol. The molecule has 0 bridgehead atoms. The van der Waals surface area contributed by atoms with Crippen LogP contribution in [0.15, 0.2) is 24.3 Å². The van der Waals surface area contributed by atoms with Crippen LogP contribution in [0.2, 0.25) is 0 Å². The predicted molar refractivity (Wildman–Crippen MR) is 116 cm³/mol. The number of carboxylic acids is 1. The van der Waals surface area contributed by atoms with Gasteiger partial charge in [-0.2, -0.15) is 0 Å². The molecule has 0 spiro atoms. The number of carbonyl (C=O) groups excluding carboxylic acids is 1. The number of nitrogens with one attached hydrogen (secondary N) is 1. The molecule has 0 radical (unpaired) electrons. The number of nitrogens with two attached hydrogens (primary N) is 1. The van der Waals surface area contributed by atoms with E-state index >= 15 is 0 Å². The van der Waals surface area contributed by atoms with Gasteiger partial charge in [0, 0.05) is 13.0 Å². The largest absolute Gasteiger partial charge is 0.480 e. The second kappa shape index (κ2) is 25.3. The van der Waals surface area contributed by atoms with Gasteiger partial charge in [0.25, 0.3) is 0 Å². The minimum atomic E-state index is -0.997. The molecule has 0 unspecified atom stereocenters. The number of amides is 1. The molecule has 0 atom stereocenters. The lowest BCUT2D eigenvalue weighted by molar-refractivity contribution is -0.137. The fraction of sp³-hybridized carbons (Fsp3) is 0.727. The van der Waals surface area contributed by atoms with E-state index in [1.807, 2.05) is 0 Å². The number of allylic oxidation sites excluding steroid dienone is 4. The smallest absolute Gasteiger partial charge is 0.322 e. The van der Waals surface area contributed by atoms with Gasteiger partial charge in [-0.15, -0.1) is 0 Å². The van der Waals surface area contributed by atoms with Crippen molar-refractivity contribution in [1.29, 1.82) is 0 Å². The number of hydrogen-bond donors (Lipinski definition) is 4. The van der Waals surface area contributed by atoms with Crippen LogP contribution in [0.25, 0.3) is 0 Å². The van der Waals surface area contributed by atoms with Crippen molar-refractivity contribution in [3.8, 4) is 0 Å². The molecule has 6 nitrogen and oxygen atoms in total. The van der Waals surface area contributed by atoms with Crippen LogP contribution in [0.1, 0.15) is 84.0 Å². The van der Waals surface area contributed by atoms with Crippen molar-refractivity contribution >= 4 is 11.9 Å². The van der Waals surface area contributed by atoms with E-state index in [0.717, 1.165) is 32.1 Å². The molecule has 0 rings (SSSR count). The Morgan fingerprint density at radius 2 is 1.43 bits per heavy atom. The maximum atomic E-state index is 11.3. The SMILES string of the molecule is CCCCC/C=C\C/C=C\CCCCCCCC(=O)NCC(=O)O.NCCO. The number of rotatable bonds is 17. The first-order chi connectivity index (χ1) is 13.6. The number of carboxylic acid groups (broad SMARTS) is 1. The van der Waals surface area contributed by atoms with E-state index in [2.05, 4.69) is 36.5 Å². The molecule has 0 aromatic heterocycles. The number of carbonyl (C=O) groups is 2. The quantitative estimate of drug-likeness (QED) is 0.219. The number of aliphatic carboxylic acids is 1. The van der Waals surface area contributed by atoms with Crippen molar-refractivity contribution in [3.63, 3.8) is 0 Å². The Bertz CT molecular complexity index is 407. The molecule has 0 fully saturated rings. The van der Waals surface area contributed by atoms with Gasteiger partial charge in [0.2, 0.25) is 5.91 Å². The van der Waals surface area contributed by atoms with Gasteiger partial charge in [0.05, 0.1) is 6.61 Å². The van der Waals surface area contributed by atoms with Gasteiger partial charge in [-0.25, -0.2) is 0 Å². The molecular formula is C22H42N2O4. The van der Waals surface area contributed by atoms with Gasteiger partial charge in [-0.3, -0.25) is 9.59 Å². The van der Waals surface area contributed by atoms with E-state index in [-0.39, 0.29) is 19.1 Å². The Labute approximate surface area is 171 Å². The van der Waals surface area contributed by atoms with Crippen LogP contribution in [-0.2, 0) is 9.59 Å². The first-order valence-electron chi connectivity index (χ1n) is 10.7. The molecule has 0 aromatic rings. The highest BCUT2D eigenvalue weighted by molar-refractivity contribution is 5.80. The zero-order valence-electron chi connectivity index (χ0n) is 17.7. The third-order valence-corrected chi connectivity index (χ3v) is 3.92. The summed E-state index contributed by atoms with van der Waals surface area (Å²) in [5.41, 5.74) is 4.78. The average molecular weight is 399 g/mol. The molecule has 1 amide bonds. The summed E-state index contributed by atoms with van der Waals surface area (Å²) in [5, 5.41) is 18.6. The van der Waals surface area contributed by atoms with Gasteiger partial charge in [0.15, 0.2) is 0 Å². The molecule has 0 aromatic carbocycles. The van der Waals surface area contributed by atoms with Crippen molar-refractivity contribution in [2.45, 2.75) is 84.0 Å². The summed E-state index contributed by atoms with van der Waals surface area (Å²) in [6, 6.07) is 0. The predicted octanol–water partition coefficient (Wildman–Crippen LogP) is 3.94. The summed E-state index contributed by atoms with van der Waals surface area (Å²) in [6.07, 6.45) is 22.1. The monoisotopic (exact) mass is 398 g/mol. The van der Waals surface area contributed by atoms with E-state index in [9.17, 15) is 9.59 Å².